The second-order valence-electron chi connectivity index (χ2n) is 6.24. The van der Waals surface area contributed by atoms with Crippen molar-refractivity contribution in [1.29, 1.82) is 0 Å². The van der Waals surface area contributed by atoms with Crippen molar-refractivity contribution in [3.05, 3.63) is 42.5 Å². The number of ether oxygens (including phenoxy) is 3. The van der Waals surface area contributed by atoms with Gasteiger partial charge in [-0.2, -0.15) is 0 Å². The predicted molar refractivity (Wildman–Crippen MR) is 113 cm³/mol. The van der Waals surface area contributed by atoms with Crippen LogP contribution in [-0.2, 0) is 14.8 Å². The molecule has 158 valence electrons. The third kappa shape index (κ3) is 5.32. The van der Waals surface area contributed by atoms with E-state index in [9.17, 15) is 13.2 Å². The van der Waals surface area contributed by atoms with E-state index in [-0.39, 0.29) is 6.42 Å². The van der Waals surface area contributed by atoms with Crippen LogP contribution >= 0.6 is 0 Å². The molecule has 0 aliphatic carbocycles. The van der Waals surface area contributed by atoms with Gasteiger partial charge in [0.2, 0.25) is 15.9 Å². The topological polar surface area (TPSA) is 94.2 Å². The van der Waals surface area contributed by atoms with Gasteiger partial charge in [0.1, 0.15) is 11.8 Å². The van der Waals surface area contributed by atoms with Gasteiger partial charge in [0.15, 0.2) is 11.5 Å². The number of carbonyl (C=O) groups is 1. The summed E-state index contributed by atoms with van der Waals surface area (Å²) in [4.78, 5) is 13.0. The lowest BCUT2D eigenvalue weighted by molar-refractivity contribution is -0.117. The number of carbonyl (C=O) groups excluding carboxylic acids is 1. The summed E-state index contributed by atoms with van der Waals surface area (Å²) >= 11 is 0. The molecule has 0 heterocycles. The maximum Gasteiger partial charge on any atom is 0.248 e. The Morgan fingerprint density at radius 1 is 1.03 bits per heavy atom. The minimum atomic E-state index is -3.74. The van der Waals surface area contributed by atoms with Gasteiger partial charge in [0.05, 0.1) is 33.3 Å². The molecule has 1 atom stereocenters. The van der Waals surface area contributed by atoms with Gasteiger partial charge in [-0.15, -0.1) is 0 Å². The molecule has 0 aromatic heterocycles. The largest absolute Gasteiger partial charge is 0.497 e. The van der Waals surface area contributed by atoms with E-state index in [0.717, 1.165) is 10.6 Å². The minimum absolute atomic E-state index is 0.267. The molecule has 0 saturated carbocycles. The van der Waals surface area contributed by atoms with Gasteiger partial charge >= 0.3 is 0 Å². The van der Waals surface area contributed by atoms with Gasteiger partial charge in [0, 0.05) is 17.8 Å². The molecule has 0 fully saturated rings. The van der Waals surface area contributed by atoms with Crippen molar-refractivity contribution in [2.45, 2.75) is 19.4 Å². The summed E-state index contributed by atoms with van der Waals surface area (Å²) in [7, 11) is 0.756. The SMILES string of the molecule is CC[C@@H](C(=O)Nc1ccc(OC)c(OC)c1)N(c1cccc(OC)c1)S(C)(=O)=O. The van der Waals surface area contributed by atoms with Crippen molar-refractivity contribution < 1.29 is 27.4 Å². The van der Waals surface area contributed by atoms with Crippen LogP contribution in [0.5, 0.6) is 17.2 Å². The highest BCUT2D eigenvalue weighted by atomic mass is 32.2. The maximum atomic E-state index is 13.0. The van der Waals surface area contributed by atoms with Crippen molar-refractivity contribution >= 4 is 27.3 Å². The molecule has 0 saturated heterocycles. The Bertz CT molecular complexity index is 961. The third-order valence-corrected chi connectivity index (χ3v) is 5.47. The van der Waals surface area contributed by atoms with Crippen LogP contribution in [0.4, 0.5) is 11.4 Å². The zero-order valence-electron chi connectivity index (χ0n) is 17.1. The van der Waals surface area contributed by atoms with Gasteiger partial charge < -0.3 is 19.5 Å². The average Bonchev–Trinajstić information content (AvgIpc) is 2.70. The zero-order valence-corrected chi connectivity index (χ0v) is 17.9. The summed E-state index contributed by atoms with van der Waals surface area (Å²) in [6.07, 6.45) is 1.34. The quantitative estimate of drug-likeness (QED) is 0.668. The Hall–Kier alpha value is -2.94. The lowest BCUT2D eigenvalue weighted by Gasteiger charge is -2.30. The number of hydrogen-bond donors (Lipinski definition) is 1. The van der Waals surface area contributed by atoms with Crippen molar-refractivity contribution in [2.75, 3.05) is 37.2 Å². The van der Waals surface area contributed by atoms with Crippen molar-refractivity contribution in [3.63, 3.8) is 0 Å². The van der Waals surface area contributed by atoms with E-state index in [1.165, 1.54) is 21.3 Å². The first-order valence-corrected chi connectivity index (χ1v) is 10.8. The van der Waals surface area contributed by atoms with Crippen LogP contribution in [0.1, 0.15) is 13.3 Å². The first-order chi connectivity index (χ1) is 13.7. The van der Waals surface area contributed by atoms with E-state index in [0.29, 0.717) is 28.6 Å². The Balaban J connectivity index is 2.38. The summed E-state index contributed by atoms with van der Waals surface area (Å²) in [5.74, 6) is 0.997. The molecule has 2 aromatic carbocycles. The van der Waals surface area contributed by atoms with Crippen molar-refractivity contribution in [1.82, 2.24) is 0 Å². The third-order valence-electron chi connectivity index (χ3n) is 4.29. The number of benzene rings is 2. The molecule has 0 radical (unpaired) electrons. The Kier molecular flexibility index (Phi) is 7.33. The Labute approximate surface area is 171 Å². The second-order valence-corrected chi connectivity index (χ2v) is 8.10. The minimum Gasteiger partial charge on any atom is -0.497 e. The normalized spacial score (nSPS) is 12.0. The molecule has 9 heteroatoms. The lowest BCUT2D eigenvalue weighted by Crippen LogP contribution is -2.47. The summed E-state index contributed by atoms with van der Waals surface area (Å²) in [5.41, 5.74) is 0.811. The number of rotatable bonds is 9. The number of sulfonamides is 1. The van der Waals surface area contributed by atoms with Crippen LogP contribution in [0.15, 0.2) is 42.5 Å². The molecule has 1 N–H and O–H groups in total. The fourth-order valence-corrected chi connectivity index (χ4v) is 4.15. The van der Waals surface area contributed by atoms with Crippen molar-refractivity contribution in [2.24, 2.45) is 0 Å². The molecule has 2 rings (SSSR count). The fourth-order valence-electron chi connectivity index (χ4n) is 2.95. The molecule has 0 aliphatic heterocycles. The van der Waals surface area contributed by atoms with E-state index in [4.69, 9.17) is 14.2 Å². The first-order valence-electron chi connectivity index (χ1n) is 8.91. The van der Waals surface area contributed by atoms with Gasteiger partial charge in [-0.1, -0.05) is 13.0 Å². The molecule has 2 aromatic rings. The monoisotopic (exact) mass is 422 g/mol. The van der Waals surface area contributed by atoms with Crippen LogP contribution in [-0.4, -0.2) is 48.0 Å². The zero-order chi connectivity index (χ0) is 21.6. The lowest BCUT2D eigenvalue weighted by atomic mass is 10.1. The van der Waals surface area contributed by atoms with E-state index >= 15 is 0 Å². The highest BCUT2D eigenvalue weighted by Crippen LogP contribution is 2.31. The molecule has 1 amide bonds. The number of hydrogen-bond acceptors (Lipinski definition) is 6. The van der Waals surface area contributed by atoms with Gasteiger partial charge in [-0.25, -0.2) is 8.42 Å². The molecular formula is C20H26N2O6S. The first kappa shape index (κ1) is 22.4. The van der Waals surface area contributed by atoms with Crippen molar-refractivity contribution in [3.8, 4) is 17.2 Å². The van der Waals surface area contributed by atoms with Crippen LogP contribution in [0.3, 0.4) is 0 Å². The Morgan fingerprint density at radius 3 is 2.28 bits per heavy atom. The van der Waals surface area contributed by atoms with Crippen LogP contribution in [0.2, 0.25) is 0 Å². The standard InChI is InChI=1S/C20H26N2O6S/c1-6-17(20(23)21-14-10-11-18(27-3)19(12-14)28-4)22(29(5,24)25)15-8-7-9-16(13-15)26-2/h7-13,17H,6H2,1-5H3,(H,21,23)/t17-/m0/s1. The molecule has 0 aliphatic rings. The van der Waals surface area contributed by atoms with E-state index < -0.39 is 22.0 Å². The number of anilines is 2. The highest BCUT2D eigenvalue weighted by Gasteiger charge is 2.32. The van der Waals surface area contributed by atoms with Gasteiger partial charge in [0.25, 0.3) is 0 Å². The van der Waals surface area contributed by atoms with E-state index in [2.05, 4.69) is 5.32 Å². The Morgan fingerprint density at radius 2 is 1.72 bits per heavy atom. The average molecular weight is 423 g/mol. The number of nitrogens with zero attached hydrogens (tertiary/aromatic N) is 1. The van der Waals surface area contributed by atoms with E-state index in [1.54, 1.807) is 49.4 Å². The number of nitrogens with one attached hydrogen (secondary N) is 1. The van der Waals surface area contributed by atoms with E-state index in [1.807, 2.05) is 0 Å². The van der Waals surface area contributed by atoms with Crippen LogP contribution < -0.4 is 23.8 Å². The van der Waals surface area contributed by atoms with Gasteiger partial charge in [-0.05, 0) is 30.7 Å². The van der Waals surface area contributed by atoms with Crippen LogP contribution in [0.25, 0.3) is 0 Å². The smallest absolute Gasteiger partial charge is 0.248 e. The number of amides is 1. The molecule has 0 bridgehead atoms. The summed E-state index contributed by atoms with van der Waals surface area (Å²) in [5, 5.41) is 2.76. The predicted octanol–water partition coefficient (Wildman–Crippen LogP) is 2.90. The number of methoxy groups -OCH3 is 3. The molecule has 29 heavy (non-hydrogen) atoms. The fraction of sp³-hybridized carbons (Fsp3) is 0.350. The summed E-state index contributed by atoms with van der Waals surface area (Å²) in [6.45, 7) is 1.75. The summed E-state index contributed by atoms with van der Waals surface area (Å²) in [6, 6.07) is 10.5. The molecular weight excluding hydrogens is 396 g/mol. The summed E-state index contributed by atoms with van der Waals surface area (Å²) < 4.78 is 41.8. The van der Waals surface area contributed by atoms with Gasteiger partial charge in [-0.3, -0.25) is 9.10 Å². The maximum absolute atomic E-state index is 13.0. The van der Waals surface area contributed by atoms with Crippen LogP contribution in [0, 0.1) is 0 Å². The molecule has 0 spiro atoms. The molecule has 0 unspecified atom stereocenters. The second kappa shape index (κ2) is 9.51. The highest BCUT2D eigenvalue weighted by molar-refractivity contribution is 7.92. The molecule has 8 nitrogen and oxygen atoms in total.